The molecule has 0 saturated heterocycles. The lowest BCUT2D eigenvalue weighted by molar-refractivity contribution is -0.139. The first-order valence-electron chi connectivity index (χ1n) is 9.82. The standard InChI is InChI=1S/C21H38N2O5/c1-11-27-19(25)15(6)12-16(13(2)3)23(10)18(24)17(14(4)5)22-20(26)28-21(7,8)9/h12-14,16-17H,11H2,1-10H3,(H,22,26)/b15-12+/t16-,17?/m1/s1. The molecule has 0 rings (SSSR count). The summed E-state index contributed by atoms with van der Waals surface area (Å²) in [5, 5.41) is 2.68. The zero-order valence-electron chi connectivity index (χ0n) is 19.1. The second-order valence-electron chi connectivity index (χ2n) is 8.62. The summed E-state index contributed by atoms with van der Waals surface area (Å²) >= 11 is 0. The molecule has 0 aromatic carbocycles. The second-order valence-corrected chi connectivity index (χ2v) is 8.62. The number of carbonyl (C=O) groups excluding carboxylic acids is 3. The number of nitrogens with zero attached hydrogens (tertiary/aromatic N) is 1. The SMILES string of the molecule is CCOC(=O)/C(C)=C/[C@H](C(C)C)N(C)C(=O)C(NC(=O)OC(C)(C)C)C(C)C. The van der Waals surface area contributed by atoms with Gasteiger partial charge in [0.15, 0.2) is 0 Å². The van der Waals surface area contributed by atoms with E-state index in [1.54, 1.807) is 52.6 Å². The molecule has 1 unspecified atom stereocenters. The molecule has 0 bridgehead atoms. The topological polar surface area (TPSA) is 84.9 Å². The van der Waals surface area contributed by atoms with E-state index in [1.807, 2.05) is 27.7 Å². The number of hydrogen-bond acceptors (Lipinski definition) is 5. The maximum Gasteiger partial charge on any atom is 0.408 e. The molecule has 28 heavy (non-hydrogen) atoms. The van der Waals surface area contributed by atoms with E-state index < -0.39 is 23.7 Å². The van der Waals surface area contributed by atoms with Crippen molar-refractivity contribution in [2.45, 2.75) is 80.0 Å². The minimum absolute atomic E-state index is 0.0627. The minimum Gasteiger partial charge on any atom is -0.463 e. The Kier molecular flexibility index (Phi) is 10.3. The Morgan fingerprint density at radius 3 is 2.00 bits per heavy atom. The van der Waals surface area contributed by atoms with Gasteiger partial charge in [-0.2, -0.15) is 0 Å². The molecule has 0 radical (unpaired) electrons. The average molecular weight is 399 g/mol. The summed E-state index contributed by atoms with van der Waals surface area (Å²) in [5.41, 5.74) is -0.207. The number of hydrogen-bond donors (Lipinski definition) is 1. The van der Waals surface area contributed by atoms with Gasteiger partial charge in [-0.1, -0.05) is 33.8 Å². The number of alkyl carbamates (subject to hydrolysis) is 1. The van der Waals surface area contributed by atoms with E-state index >= 15 is 0 Å². The van der Waals surface area contributed by atoms with Crippen LogP contribution in [0.2, 0.25) is 0 Å². The molecule has 7 nitrogen and oxygen atoms in total. The van der Waals surface area contributed by atoms with E-state index in [-0.39, 0.29) is 23.8 Å². The summed E-state index contributed by atoms with van der Waals surface area (Å²) in [4.78, 5) is 38.8. The molecule has 0 aromatic rings. The van der Waals surface area contributed by atoms with Crippen LogP contribution in [0.25, 0.3) is 0 Å². The van der Waals surface area contributed by atoms with E-state index in [2.05, 4.69) is 5.32 Å². The van der Waals surface area contributed by atoms with Gasteiger partial charge in [0.05, 0.1) is 12.6 Å². The van der Waals surface area contributed by atoms with Gasteiger partial charge in [-0.15, -0.1) is 0 Å². The summed E-state index contributed by atoms with van der Waals surface area (Å²) in [7, 11) is 1.67. The first-order valence-corrected chi connectivity index (χ1v) is 9.82. The van der Waals surface area contributed by atoms with Gasteiger partial charge < -0.3 is 19.7 Å². The molecule has 0 saturated carbocycles. The van der Waals surface area contributed by atoms with Crippen molar-refractivity contribution in [3.05, 3.63) is 11.6 Å². The number of ether oxygens (including phenoxy) is 2. The molecule has 7 heteroatoms. The fourth-order valence-corrected chi connectivity index (χ4v) is 2.63. The molecule has 0 aliphatic carbocycles. The number of carbonyl (C=O) groups is 3. The molecule has 2 amide bonds. The second kappa shape index (κ2) is 11.1. The molecule has 0 spiro atoms. The Balaban J connectivity index is 5.51. The Bertz CT molecular complexity index is 576. The van der Waals surface area contributed by atoms with Crippen LogP contribution in [0.5, 0.6) is 0 Å². The summed E-state index contributed by atoms with van der Waals surface area (Å²) in [5.74, 6) is -0.716. The summed E-state index contributed by atoms with van der Waals surface area (Å²) in [6, 6.07) is -1.06. The number of esters is 1. The summed E-state index contributed by atoms with van der Waals surface area (Å²) in [6.07, 6.45) is 1.11. The average Bonchev–Trinajstić information content (AvgIpc) is 2.54. The summed E-state index contributed by atoms with van der Waals surface area (Å²) in [6.45, 7) is 16.7. The van der Waals surface area contributed by atoms with Crippen molar-refractivity contribution in [2.75, 3.05) is 13.7 Å². The molecule has 1 N–H and O–H groups in total. The smallest absolute Gasteiger partial charge is 0.408 e. The third kappa shape index (κ3) is 8.76. The van der Waals surface area contributed by atoms with Gasteiger partial charge in [0.1, 0.15) is 11.6 Å². The van der Waals surface area contributed by atoms with Crippen LogP contribution in [-0.4, -0.2) is 54.2 Å². The zero-order chi connectivity index (χ0) is 22.2. The monoisotopic (exact) mass is 398 g/mol. The normalized spacial score (nSPS) is 14.5. The van der Waals surface area contributed by atoms with Gasteiger partial charge in [-0.3, -0.25) is 4.79 Å². The lowest BCUT2D eigenvalue weighted by atomic mass is 9.97. The third-order valence-corrected chi connectivity index (χ3v) is 4.10. The predicted molar refractivity (Wildman–Crippen MR) is 110 cm³/mol. The maximum atomic E-state index is 13.1. The van der Waals surface area contributed by atoms with Crippen LogP contribution in [0.15, 0.2) is 11.6 Å². The zero-order valence-corrected chi connectivity index (χ0v) is 19.1. The van der Waals surface area contributed by atoms with Crippen LogP contribution in [0.1, 0.15) is 62.3 Å². The molecule has 0 aliphatic rings. The molecular formula is C21H38N2O5. The van der Waals surface area contributed by atoms with E-state index in [9.17, 15) is 14.4 Å². The van der Waals surface area contributed by atoms with Crippen LogP contribution in [0.3, 0.4) is 0 Å². The highest BCUT2D eigenvalue weighted by Crippen LogP contribution is 2.17. The lowest BCUT2D eigenvalue weighted by Crippen LogP contribution is -2.54. The quantitative estimate of drug-likeness (QED) is 0.499. The van der Waals surface area contributed by atoms with Gasteiger partial charge in [0.25, 0.3) is 0 Å². The number of amides is 2. The maximum absolute atomic E-state index is 13.1. The molecule has 2 atom stereocenters. The van der Waals surface area contributed by atoms with Crippen LogP contribution in [0.4, 0.5) is 4.79 Å². The lowest BCUT2D eigenvalue weighted by Gasteiger charge is -2.34. The Labute approximate surface area is 169 Å². The molecule has 0 aliphatic heterocycles. The van der Waals surface area contributed by atoms with Crippen molar-refractivity contribution >= 4 is 18.0 Å². The van der Waals surface area contributed by atoms with Crippen molar-refractivity contribution in [1.82, 2.24) is 10.2 Å². The third-order valence-electron chi connectivity index (χ3n) is 4.10. The van der Waals surface area contributed by atoms with Gasteiger partial charge >= 0.3 is 12.1 Å². The number of likely N-dealkylation sites (N-methyl/N-ethyl adjacent to an activating group) is 1. The first-order chi connectivity index (χ1) is 12.7. The number of rotatable bonds is 8. The first kappa shape index (κ1) is 26.0. The van der Waals surface area contributed by atoms with E-state index in [0.717, 1.165) is 0 Å². The van der Waals surface area contributed by atoms with Gasteiger partial charge in [-0.25, -0.2) is 9.59 Å². The van der Waals surface area contributed by atoms with Crippen molar-refractivity contribution in [3.8, 4) is 0 Å². The van der Waals surface area contributed by atoms with Gasteiger partial charge in [0.2, 0.25) is 5.91 Å². The molecule has 0 fully saturated rings. The van der Waals surface area contributed by atoms with Crippen LogP contribution >= 0.6 is 0 Å². The molecular weight excluding hydrogens is 360 g/mol. The number of nitrogens with one attached hydrogen (secondary N) is 1. The summed E-state index contributed by atoms with van der Waals surface area (Å²) < 4.78 is 10.3. The van der Waals surface area contributed by atoms with Crippen molar-refractivity contribution in [2.24, 2.45) is 11.8 Å². The van der Waals surface area contributed by atoms with E-state index in [4.69, 9.17) is 9.47 Å². The fourth-order valence-electron chi connectivity index (χ4n) is 2.63. The van der Waals surface area contributed by atoms with Crippen molar-refractivity contribution in [1.29, 1.82) is 0 Å². The fraction of sp³-hybridized carbons (Fsp3) is 0.762. The highest BCUT2D eigenvalue weighted by molar-refractivity contribution is 5.89. The van der Waals surface area contributed by atoms with Crippen molar-refractivity contribution < 1.29 is 23.9 Å². The minimum atomic E-state index is -0.739. The van der Waals surface area contributed by atoms with Crippen molar-refractivity contribution in [3.63, 3.8) is 0 Å². The molecule has 0 aromatic heterocycles. The van der Waals surface area contributed by atoms with Gasteiger partial charge in [-0.05, 0) is 46.5 Å². The molecule has 0 heterocycles. The van der Waals surface area contributed by atoms with E-state index in [1.165, 1.54) is 0 Å². The van der Waals surface area contributed by atoms with Gasteiger partial charge in [0, 0.05) is 12.6 Å². The highest BCUT2D eigenvalue weighted by atomic mass is 16.6. The molecule has 162 valence electrons. The van der Waals surface area contributed by atoms with Crippen LogP contribution in [0, 0.1) is 11.8 Å². The Morgan fingerprint density at radius 2 is 1.61 bits per heavy atom. The largest absolute Gasteiger partial charge is 0.463 e. The highest BCUT2D eigenvalue weighted by Gasteiger charge is 2.32. The predicted octanol–water partition coefficient (Wildman–Crippen LogP) is 3.53. The Hall–Kier alpha value is -2.05. The van der Waals surface area contributed by atoms with Crippen LogP contribution in [-0.2, 0) is 19.1 Å². The van der Waals surface area contributed by atoms with E-state index in [0.29, 0.717) is 12.2 Å². The van der Waals surface area contributed by atoms with Crippen LogP contribution < -0.4 is 5.32 Å². The Morgan fingerprint density at radius 1 is 1.07 bits per heavy atom.